The maximum absolute atomic E-state index is 13.2. The molecule has 7 heteroatoms. The fourth-order valence-corrected chi connectivity index (χ4v) is 2.79. The Morgan fingerprint density at radius 3 is 2.35 bits per heavy atom. The number of aromatic carboxylic acids is 1. The summed E-state index contributed by atoms with van der Waals surface area (Å²) in [6.07, 6.45) is 4.85. The molecule has 0 atom stereocenters. The highest BCUT2D eigenvalue weighted by Gasteiger charge is 2.18. The molecule has 0 unspecified atom stereocenters. The first kappa shape index (κ1) is 19.4. The van der Waals surface area contributed by atoms with Crippen molar-refractivity contribution in [1.29, 1.82) is 5.26 Å². The third-order valence-corrected chi connectivity index (χ3v) is 4.21. The monoisotopic (exact) mass is 357 g/mol. The van der Waals surface area contributed by atoms with E-state index in [1.54, 1.807) is 0 Å². The van der Waals surface area contributed by atoms with Crippen molar-refractivity contribution in [3.63, 3.8) is 0 Å². The second kappa shape index (κ2) is 9.00. The lowest BCUT2D eigenvalue weighted by atomic mass is 9.50. The molecule has 0 saturated carbocycles. The SMILES string of the molecule is COc1ccc(C(=O)O)cc1-c1ccc(F)c(F)c1.N#CB1CCCC1. The van der Waals surface area contributed by atoms with Crippen molar-refractivity contribution in [2.24, 2.45) is 0 Å². The van der Waals surface area contributed by atoms with Gasteiger partial charge in [0, 0.05) is 11.5 Å². The van der Waals surface area contributed by atoms with Crippen LogP contribution in [0, 0.1) is 22.9 Å². The maximum Gasteiger partial charge on any atom is 0.335 e. The van der Waals surface area contributed by atoms with E-state index in [0.29, 0.717) is 23.6 Å². The Hall–Kier alpha value is -2.88. The molecular formula is C19H18BF2NO3. The van der Waals surface area contributed by atoms with Gasteiger partial charge in [0.2, 0.25) is 0 Å². The fourth-order valence-electron chi connectivity index (χ4n) is 2.79. The zero-order chi connectivity index (χ0) is 19.1. The lowest BCUT2D eigenvalue weighted by molar-refractivity contribution is 0.0697. The molecule has 1 aliphatic heterocycles. The highest BCUT2D eigenvalue weighted by atomic mass is 19.2. The Kier molecular flexibility index (Phi) is 6.73. The van der Waals surface area contributed by atoms with Crippen LogP contribution in [0.5, 0.6) is 5.75 Å². The van der Waals surface area contributed by atoms with E-state index < -0.39 is 17.6 Å². The quantitative estimate of drug-likeness (QED) is 0.810. The summed E-state index contributed by atoms with van der Waals surface area (Å²) in [6, 6.07) is 7.55. The van der Waals surface area contributed by atoms with Gasteiger partial charge in [-0.05, 0) is 35.9 Å². The number of nitrogens with zero attached hydrogens (tertiary/aromatic N) is 1. The second-order valence-electron chi connectivity index (χ2n) is 5.96. The molecular weight excluding hydrogens is 339 g/mol. The Bertz CT molecular complexity index is 830. The highest BCUT2D eigenvalue weighted by Crippen LogP contribution is 2.31. The number of hydrogen-bond acceptors (Lipinski definition) is 3. The molecule has 3 rings (SSSR count). The molecule has 0 bridgehead atoms. The molecule has 1 fully saturated rings. The van der Waals surface area contributed by atoms with E-state index in [4.69, 9.17) is 15.1 Å². The van der Waals surface area contributed by atoms with E-state index in [0.717, 1.165) is 24.8 Å². The summed E-state index contributed by atoms with van der Waals surface area (Å²) in [5.74, 6) is -0.417. The average molecular weight is 357 g/mol. The molecule has 2 aromatic rings. The smallest absolute Gasteiger partial charge is 0.335 e. The van der Waals surface area contributed by atoms with Gasteiger partial charge in [-0.25, -0.2) is 18.8 Å². The molecule has 2 aromatic carbocycles. The summed E-state index contributed by atoms with van der Waals surface area (Å²) >= 11 is 0. The standard InChI is InChI=1S/C14H10F2O3.C5H8BN/c1-19-13-5-3-9(14(17)18)6-10(13)8-2-4-11(15)12(16)7-8;7-5-6-3-1-2-4-6/h2-7H,1H3,(H,17,18);1-4H2. The number of carbonyl (C=O) groups is 1. The Balaban J connectivity index is 0.000000290. The van der Waals surface area contributed by atoms with Gasteiger partial charge >= 0.3 is 5.97 Å². The molecule has 0 radical (unpaired) electrons. The van der Waals surface area contributed by atoms with Crippen molar-refractivity contribution in [2.45, 2.75) is 25.5 Å². The van der Waals surface area contributed by atoms with E-state index in [2.05, 4.69) is 5.97 Å². The van der Waals surface area contributed by atoms with Crippen molar-refractivity contribution >= 4 is 12.7 Å². The zero-order valence-corrected chi connectivity index (χ0v) is 14.3. The molecule has 1 N–H and O–H groups in total. The summed E-state index contributed by atoms with van der Waals surface area (Å²) < 4.78 is 31.2. The minimum absolute atomic E-state index is 0.0422. The van der Waals surface area contributed by atoms with Crippen LogP contribution in [0.3, 0.4) is 0 Å². The Morgan fingerprint density at radius 1 is 1.15 bits per heavy atom. The lowest BCUT2D eigenvalue weighted by Crippen LogP contribution is -1.99. The van der Waals surface area contributed by atoms with Crippen molar-refractivity contribution in [3.8, 4) is 22.8 Å². The summed E-state index contributed by atoms with van der Waals surface area (Å²) in [6.45, 7) is 0.403. The minimum atomic E-state index is -1.11. The van der Waals surface area contributed by atoms with Gasteiger partial charge in [0.15, 0.2) is 11.6 Å². The van der Waals surface area contributed by atoms with Gasteiger partial charge in [0.1, 0.15) is 5.75 Å². The van der Waals surface area contributed by atoms with Crippen LogP contribution in [0.25, 0.3) is 11.1 Å². The summed E-state index contributed by atoms with van der Waals surface area (Å²) in [5.41, 5.74) is 0.778. The molecule has 26 heavy (non-hydrogen) atoms. The predicted octanol–water partition coefficient (Wildman–Crippen LogP) is 4.68. The largest absolute Gasteiger partial charge is 0.496 e. The summed E-state index contributed by atoms with van der Waals surface area (Å²) in [5, 5.41) is 17.3. The summed E-state index contributed by atoms with van der Waals surface area (Å²) in [7, 11) is 1.42. The molecule has 0 aromatic heterocycles. The molecule has 1 saturated heterocycles. The first-order valence-electron chi connectivity index (χ1n) is 8.22. The molecule has 1 aliphatic rings. The van der Waals surface area contributed by atoms with Crippen LogP contribution in [0.15, 0.2) is 36.4 Å². The van der Waals surface area contributed by atoms with Gasteiger partial charge < -0.3 is 9.84 Å². The number of nitriles is 1. The number of carboxylic acid groups (broad SMARTS) is 1. The first-order chi connectivity index (χ1) is 12.5. The number of rotatable bonds is 3. The van der Waals surface area contributed by atoms with Crippen molar-refractivity contribution < 1.29 is 23.4 Å². The molecule has 134 valence electrons. The van der Waals surface area contributed by atoms with Crippen LogP contribution in [0.2, 0.25) is 12.6 Å². The molecule has 0 spiro atoms. The molecule has 1 heterocycles. The van der Waals surface area contributed by atoms with Crippen LogP contribution >= 0.6 is 0 Å². The maximum atomic E-state index is 13.2. The zero-order valence-electron chi connectivity index (χ0n) is 14.3. The number of carboxylic acids is 1. The van der Waals surface area contributed by atoms with Crippen LogP contribution in [0.1, 0.15) is 23.2 Å². The van der Waals surface area contributed by atoms with Crippen LogP contribution in [-0.2, 0) is 0 Å². The molecule has 4 nitrogen and oxygen atoms in total. The van der Waals surface area contributed by atoms with E-state index in [1.807, 2.05) is 0 Å². The van der Waals surface area contributed by atoms with Gasteiger partial charge in [-0.3, -0.25) is 0 Å². The number of benzene rings is 2. The van der Waals surface area contributed by atoms with Gasteiger partial charge in [-0.2, -0.15) is 0 Å². The fraction of sp³-hybridized carbons (Fsp3) is 0.263. The highest BCUT2D eigenvalue weighted by molar-refractivity contribution is 6.67. The van der Waals surface area contributed by atoms with Gasteiger partial charge in [0.25, 0.3) is 6.71 Å². The van der Waals surface area contributed by atoms with Crippen molar-refractivity contribution in [3.05, 3.63) is 53.6 Å². The number of methoxy groups -OCH3 is 1. The van der Waals surface area contributed by atoms with Crippen molar-refractivity contribution in [1.82, 2.24) is 0 Å². The molecule has 0 aliphatic carbocycles. The van der Waals surface area contributed by atoms with Crippen LogP contribution in [-0.4, -0.2) is 24.9 Å². The predicted molar refractivity (Wildman–Crippen MR) is 95.5 cm³/mol. The van der Waals surface area contributed by atoms with Gasteiger partial charge in [0.05, 0.1) is 12.7 Å². The Labute approximate surface area is 151 Å². The van der Waals surface area contributed by atoms with E-state index in [9.17, 15) is 13.6 Å². The third kappa shape index (κ3) is 4.82. The topological polar surface area (TPSA) is 70.3 Å². The summed E-state index contributed by atoms with van der Waals surface area (Å²) in [4.78, 5) is 10.9. The number of halogens is 2. The van der Waals surface area contributed by atoms with E-state index in [-0.39, 0.29) is 5.56 Å². The van der Waals surface area contributed by atoms with Gasteiger partial charge in [-0.15, -0.1) is 0 Å². The number of hydrogen-bond donors (Lipinski definition) is 1. The number of ether oxygens (including phenoxy) is 1. The van der Waals surface area contributed by atoms with Gasteiger partial charge in [-0.1, -0.05) is 31.5 Å². The molecule has 0 amide bonds. The Morgan fingerprint density at radius 2 is 1.85 bits per heavy atom. The minimum Gasteiger partial charge on any atom is -0.496 e. The van der Waals surface area contributed by atoms with E-state index in [1.165, 1.54) is 44.2 Å². The lowest BCUT2D eigenvalue weighted by Gasteiger charge is -2.10. The van der Waals surface area contributed by atoms with Crippen molar-refractivity contribution in [2.75, 3.05) is 7.11 Å². The second-order valence-corrected chi connectivity index (χ2v) is 5.96. The van der Waals surface area contributed by atoms with Crippen LogP contribution in [0.4, 0.5) is 8.78 Å². The normalized spacial score (nSPS) is 12.8. The first-order valence-corrected chi connectivity index (χ1v) is 8.22. The third-order valence-electron chi connectivity index (χ3n) is 4.21. The van der Waals surface area contributed by atoms with E-state index >= 15 is 0 Å². The van der Waals surface area contributed by atoms with Crippen LogP contribution < -0.4 is 4.74 Å². The average Bonchev–Trinajstić information content (AvgIpc) is 3.18.